The summed E-state index contributed by atoms with van der Waals surface area (Å²) in [5.74, 6) is 0. The molecule has 2 heterocycles. The Morgan fingerprint density at radius 3 is 2.63 bits per heavy atom. The number of pyridine rings is 1. The summed E-state index contributed by atoms with van der Waals surface area (Å²) in [4.78, 5) is 4.57. The van der Waals surface area contributed by atoms with Gasteiger partial charge in [0, 0.05) is 16.5 Å². The molecule has 0 atom stereocenters. The van der Waals surface area contributed by atoms with Crippen LogP contribution in [0.3, 0.4) is 0 Å². The molecule has 27 heavy (non-hydrogen) atoms. The molecule has 4 rings (SSSR count). The maximum Gasteiger partial charge on any atom is 0.229 e. The molecule has 7 heteroatoms. The van der Waals surface area contributed by atoms with Crippen LogP contribution in [-0.4, -0.2) is 29.9 Å². The summed E-state index contributed by atoms with van der Waals surface area (Å²) in [5.41, 5.74) is 6.04. The van der Waals surface area contributed by atoms with Gasteiger partial charge in [-0.15, -0.1) is 0 Å². The van der Waals surface area contributed by atoms with Crippen LogP contribution in [0.25, 0.3) is 33.3 Å². The minimum absolute atomic E-state index is 0.427. The van der Waals surface area contributed by atoms with E-state index in [0.29, 0.717) is 5.69 Å². The van der Waals surface area contributed by atoms with E-state index in [-0.39, 0.29) is 0 Å². The van der Waals surface area contributed by atoms with Crippen LogP contribution in [0.5, 0.6) is 0 Å². The van der Waals surface area contributed by atoms with E-state index in [4.69, 9.17) is 0 Å². The number of sulfonamides is 1. The third-order valence-electron chi connectivity index (χ3n) is 4.23. The van der Waals surface area contributed by atoms with Gasteiger partial charge in [-0.1, -0.05) is 29.8 Å². The summed E-state index contributed by atoms with van der Waals surface area (Å²) in [6.07, 6.45) is 4.43. The average Bonchev–Trinajstić information content (AvgIpc) is 3.08. The number of anilines is 1. The number of aryl methyl sites for hydroxylation is 1. The standard InChI is InChI=1S/C20H18N4O2S/c1-13-4-3-5-15(8-13)20-18(10-17(12-21-20)24-27(2,25)26)14-6-7-19-16(9-14)11-22-23-19/h3-12,24H,1-2H3,(H,22,23). The molecule has 0 aliphatic heterocycles. The zero-order valence-corrected chi connectivity index (χ0v) is 15.7. The molecule has 0 saturated carbocycles. The Morgan fingerprint density at radius 2 is 1.85 bits per heavy atom. The fourth-order valence-corrected chi connectivity index (χ4v) is 3.63. The zero-order valence-electron chi connectivity index (χ0n) is 14.9. The van der Waals surface area contributed by atoms with Crippen LogP contribution >= 0.6 is 0 Å². The molecule has 0 bridgehead atoms. The lowest BCUT2D eigenvalue weighted by Gasteiger charge is -2.13. The molecule has 2 N–H and O–H groups in total. The fraction of sp³-hybridized carbons (Fsp3) is 0.100. The van der Waals surface area contributed by atoms with E-state index in [1.165, 1.54) is 0 Å². The number of aromatic nitrogens is 3. The first-order valence-corrected chi connectivity index (χ1v) is 10.3. The molecule has 0 aliphatic carbocycles. The predicted molar refractivity (Wildman–Crippen MR) is 108 cm³/mol. The van der Waals surface area contributed by atoms with Crippen molar-refractivity contribution in [2.75, 3.05) is 11.0 Å². The van der Waals surface area contributed by atoms with E-state index in [1.807, 2.05) is 49.4 Å². The Kier molecular flexibility index (Phi) is 4.16. The van der Waals surface area contributed by atoms with E-state index in [9.17, 15) is 8.42 Å². The highest BCUT2D eigenvalue weighted by molar-refractivity contribution is 7.92. The van der Waals surface area contributed by atoms with Crippen LogP contribution in [0.1, 0.15) is 5.56 Å². The first kappa shape index (κ1) is 17.2. The SMILES string of the molecule is Cc1cccc(-c2ncc(NS(C)(=O)=O)cc2-c2ccc3[nH]ncc3c2)c1. The zero-order chi connectivity index (χ0) is 19.0. The summed E-state index contributed by atoms with van der Waals surface area (Å²) in [5, 5.41) is 7.98. The maximum atomic E-state index is 11.6. The fourth-order valence-electron chi connectivity index (χ4n) is 3.09. The van der Waals surface area contributed by atoms with Gasteiger partial charge in [0.2, 0.25) is 10.0 Å². The second kappa shape index (κ2) is 6.51. The molecule has 6 nitrogen and oxygen atoms in total. The molecule has 2 aromatic heterocycles. The topological polar surface area (TPSA) is 87.7 Å². The highest BCUT2D eigenvalue weighted by atomic mass is 32.2. The first-order valence-electron chi connectivity index (χ1n) is 8.37. The molecule has 0 unspecified atom stereocenters. The molecule has 0 fully saturated rings. The molecule has 0 radical (unpaired) electrons. The second-order valence-electron chi connectivity index (χ2n) is 6.54. The Hall–Kier alpha value is -3.19. The summed E-state index contributed by atoms with van der Waals surface area (Å²) < 4.78 is 25.8. The number of H-pyrrole nitrogens is 1. The van der Waals surface area contributed by atoms with Gasteiger partial charge in [0.1, 0.15) is 0 Å². The number of aromatic amines is 1. The number of nitrogens with one attached hydrogen (secondary N) is 2. The predicted octanol–water partition coefficient (Wildman–Crippen LogP) is 3.97. The number of fused-ring (bicyclic) bond motifs is 1. The first-order chi connectivity index (χ1) is 12.9. The maximum absolute atomic E-state index is 11.6. The smallest absolute Gasteiger partial charge is 0.229 e. The molecule has 0 spiro atoms. The lowest BCUT2D eigenvalue weighted by atomic mass is 9.97. The van der Waals surface area contributed by atoms with Gasteiger partial charge in [-0.05, 0) is 36.8 Å². The van der Waals surface area contributed by atoms with Crippen LogP contribution in [0, 0.1) is 6.92 Å². The summed E-state index contributed by atoms with van der Waals surface area (Å²) >= 11 is 0. The molecular weight excluding hydrogens is 360 g/mol. The Balaban J connectivity index is 1.92. The van der Waals surface area contributed by atoms with Crippen molar-refractivity contribution in [1.82, 2.24) is 15.2 Å². The number of benzene rings is 2. The molecule has 2 aromatic carbocycles. The van der Waals surface area contributed by atoms with Crippen molar-refractivity contribution in [2.45, 2.75) is 6.92 Å². The van der Waals surface area contributed by atoms with Crippen molar-refractivity contribution in [3.05, 3.63) is 66.5 Å². The van der Waals surface area contributed by atoms with E-state index in [0.717, 1.165) is 45.1 Å². The summed E-state index contributed by atoms with van der Waals surface area (Å²) in [6.45, 7) is 2.03. The Bertz CT molecular complexity index is 1250. The molecule has 0 amide bonds. The number of rotatable bonds is 4. The van der Waals surface area contributed by atoms with Gasteiger partial charge in [-0.25, -0.2) is 8.42 Å². The minimum Gasteiger partial charge on any atom is -0.282 e. The second-order valence-corrected chi connectivity index (χ2v) is 8.28. The Labute approximate surface area is 157 Å². The third kappa shape index (κ3) is 3.68. The van der Waals surface area contributed by atoms with E-state index in [1.54, 1.807) is 12.4 Å². The number of hydrogen-bond acceptors (Lipinski definition) is 4. The van der Waals surface area contributed by atoms with Gasteiger partial charge < -0.3 is 0 Å². The lowest BCUT2D eigenvalue weighted by molar-refractivity contribution is 0.607. The largest absolute Gasteiger partial charge is 0.282 e. The number of nitrogens with zero attached hydrogens (tertiary/aromatic N) is 2. The summed E-state index contributed by atoms with van der Waals surface area (Å²) in [6, 6.07) is 15.8. The van der Waals surface area contributed by atoms with Crippen molar-refractivity contribution < 1.29 is 8.42 Å². The van der Waals surface area contributed by atoms with Crippen LogP contribution in [0.15, 0.2) is 60.9 Å². The van der Waals surface area contributed by atoms with Crippen LogP contribution in [0.2, 0.25) is 0 Å². The van der Waals surface area contributed by atoms with Gasteiger partial charge in [-0.3, -0.25) is 14.8 Å². The molecule has 0 aliphatic rings. The van der Waals surface area contributed by atoms with E-state index < -0.39 is 10.0 Å². The van der Waals surface area contributed by atoms with Crippen molar-refractivity contribution in [1.29, 1.82) is 0 Å². The van der Waals surface area contributed by atoms with Crippen LogP contribution < -0.4 is 4.72 Å². The highest BCUT2D eigenvalue weighted by Crippen LogP contribution is 2.34. The van der Waals surface area contributed by atoms with Gasteiger partial charge in [0.15, 0.2) is 0 Å². The lowest BCUT2D eigenvalue weighted by Crippen LogP contribution is -2.10. The van der Waals surface area contributed by atoms with E-state index in [2.05, 4.69) is 26.0 Å². The summed E-state index contributed by atoms with van der Waals surface area (Å²) in [7, 11) is -3.39. The quantitative estimate of drug-likeness (QED) is 0.562. The van der Waals surface area contributed by atoms with Crippen LogP contribution in [-0.2, 0) is 10.0 Å². The van der Waals surface area contributed by atoms with Crippen molar-refractivity contribution in [2.24, 2.45) is 0 Å². The van der Waals surface area contributed by atoms with Crippen molar-refractivity contribution in [3.8, 4) is 22.4 Å². The van der Waals surface area contributed by atoms with Crippen LogP contribution in [0.4, 0.5) is 5.69 Å². The molecular formula is C20H18N4O2S. The molecule has 4 aromatic rings. The van der Waals surface area contributed by atoms with E-state index >= 15 is 0 Å². The van der Waals surface area contributed by atoms with Gasteiger partial charge in [0.25, 0.3) is 0 Å². The highest BCUT2D eigenvalue weighted by Gasteiger charge is 2.13. The van der Waals surface area contributed by atoms with Crippen molar-refractivity contribution in [3.63, 3.8) is 0 Å². The average molecular weight is 378 g/mol. The Morgan fingerprint density at radius 1 is 1.00 bits per heavy atom. The molecule has 136 valence electrons. The van der Waals surface area contributed by atoms with Gasteiger partial charge in [-0.2, -0.15) is 5.10 Å². The third-order valence-corrected chi connectivity index (χ3v) is 4.84. The van der Waals surface area contributed by atoms with Crippen molar-refractivity contribution >= 4 is 26.6 Å². The van der Waals surface area contributed by atoms with Gasteiger partial charge in [0.05, 0.1) is 35.5 Å². The monoisotopic (exact) mass is 378 g/mol. The van der Waals surface area contributed by atoms with Gasteiger partial charge >= 0.3 is 0 Å². The normalized spacial score (nSPS) is 11.6. The minimum atomic E-state index is -3.39. The molecule has 0 saturated heterocycles. The number of hydrogen-bond donors (Lipinski definition) is 2.